The highest BCUT2D eigenvalue weighted by atomic mass is 16.5. The first-order chi connectivity index (χ1) is 14.3. The maximum Gasteiger partial charge on any atom is 0.265 e. The average Bonchev–Trinajstić information content (AvgIpc) is 3.02. The van der Waals surface area contributed by atoms with Crippen LogP contribution in [0.1, 0.15) is 38.5 Å². The number of amides is 1. The van der Waals surface area contributed by atoms with E-state index in [1.54, 1.807) is 7.05 Å². The van der Waals surface area contributed by atoms with Crippen molar-refractivity contribution in [1.82, 2.24) is 15.5 Å². The van der Waals surface area contributed by atoms with Crippen molar-refractivity contribution in [2.45, 2.75) is 38.5 Å². The van der Waals surface area contributed by atoms with E-state index in [1.807, 2.05) is 29.2 Å². The molecule has 0 atom stereocenters. The number of para-hydroxylation sites is 2. The number of nitrogens with one attached hydrogen (secondary N) is 2. The summed E-state index contributed by atoms with van der Waals surface area (Å²) < 4.78 is 5.49. The molecule has 2 heterocycles. The molecule has 1 fully saturated rings. The lowest BCUT2D eigenvalue weighted by Gasteiger charge is -2.29. The van der Waals surface area contributed by atoms with Crippen LogP contribution < -0.4 is 20.3 Å². The molecule has 3 rings (SSSR count). The molecule has 1 aromatic carbocycles. The number of nitrogens with zero attached hydrogens (tertiary/aromatic N) is 3. The number of hydrogen-bond acceptors (Lipinski definition) is 4. The van der Waals surface area contributed by atoms with Crippen LogP contribution in [0.25, 0.3) is 0 Å². The topological polar surface area (TPSA) is 69.2 Å². The summed E-state index contributed by atoms with van der Waals surface area (Å²) in [7, 11) is 1.80. The van der Waals surface area contributed by atoms with Gasteiger partial charge in [-0.1, -0.05) is 25.0 Å². The highest BCUT2D eigenvalue weighted by Gasteiger charge is 2.24. The van der Waals surface area contributed by atoms with Crippen molar-refractivity contribution in [3.8, 4) is 5.75 Å². The zero-order valence-electron chi connectivity index (χ0n) is 17.7. The standard InChI is InChI=1S/C22H35N5O2/c1-23-22(24-12-8-16-26-14-6-2-3-7-15-26)25-13-9-17-27-19-10-4-5-11-20(19)29-18-21(27)28/h4-5,10-11H,2-3,6-9,12-18H2,1H3,(H2,23,24,25). The summed E-state index contributed by atoms with van der Waals surface area (Å²) in [6, 6.07) is 7.70. The second-order valence-electron chi connectivity index (χ2n) is 7.69. The van der Waals surface area contributed by atoms with Gasteiger partial charge in [-0.2, -0.15) is 0 Å². The zero-order chi connectivity index (χ0) is 20.3. The van der Waals surface area contributed by atoms with E-state index >= 15 is 0 Å². The van der Waals surface area contributed by atoms with Gasteiger partial charge in [-0.05, 0) is 57.5 Å². The SMILES string of the molecule is CN=C(NCCCN1CCCCCC1)NCCCN1C(=O)COc2ccccc21. The predicted octanol–water partition coefficient (Wildman–Crippen LogP) is 2.23. The minimum Gasteiger partial charge on any atom is -0.482 e. The van der Waals surface area contributed by atoms with Crippen LogP contribution in [0.15, 0.2) is 29.3 Å². The highest BCUT2D eigenvalue weighted by Crippen LogP contribution is 2.31. The van der Waals surface area contributed by atoms with Crippen LogP contribution in [0.2, 0.25) is 0 Å². The van der Waals surface area contributed by atoms with Gasteiger partial charge in [-0.3, -0.25) is 9.79 Å². The van der Waals surface area contributed by atoms with Crippen LogP contribution >= 0.6 is 0 Å². The Morgan fingerprint density at radius 1 is 1.03 bits per heavy atom. The summed E-state index contributed by atoms with van der Waals surface area (Å²) in [4.78, 5) is 20.9. The van der Waals surface area contributed by atoms with Crippen LogP contribution in [0, 0.1) is 0 Å². The fourth-order valence-corrected chi connectivity index (χ4v) is 3.93. The van der Waals surface area contributed by atoms with Gasteiger partial charge in [-0.15, -0.1) is 0 Å². The Morgan fingerprint density at radius 3 is 2.45 bits per heavy atom. The number of guanidine groups is 1. The Bertz CT molecular complexity index is 671. The molecule has 0 aliphatic carbocycles. The third kappa shape index (κ3) is 6.63. The molecule has 7 heteroatoms. The molecule has 0 spiro atoms. The molecule has 160 valence electrons. The third-order valence-electron chi connectivity index (χ3n) is 5.53. The molecule has 0 saturated carbocycles. The van der Waals surface area contributed by atoms with Gasteiger partial charge in [0.15, 0.2) is 12.6 Å². The molecule has 1 aromatic rings. The summed E-state index contributed by atoms with van der Waals surface area (Å²) in [6.07, 6.45) is 7.41. The van der Waals surface area contributed by atoms with Crippen molar-refractivity contribution in [3.05, 3.63) is 24.3 Å². The second kappa shape index (κ2) is 11.7. The molecule has 2 aliphatic heterocycles. The van der Waals surface area contributed by atoms with Crippen molar-refractivity contribution in [2.75, 3.05) is 57.8 Å². The molecular weight excluding hydrogens is 366 g/mol. The number of anilines is 1. The van der Waals surface area contributed by atoms with Gasteiger partial charge in [0.05, 0.1) is 5.69 Å². The minimum absolute atomic E-state index is 0.0136. The average molecular weight is 402 g/mol. The smallest absolute Gasteiger partial charge is 0.265 e. The monoisotopic (exact) mass is 401 g/mol. The van der Waals surface area contributed by atoms with E-state index in [-0.39, 0.29) is 12.5 Å². The third-order valence-corrected chi connectivity index (χ3v) is 5.53. The number of aliphatic imine (C=N–C) groups is 1. The van der Waals surface area contributed by atoms with E-state index in [2.05, 4.69) is 20.5 Å². The lowest BCUT2D eigenvalue weighted by atomic mass is 10.2. The summed E-state index contributed by atoms with van der Waals surface area (Å²) in [5, 5.41) is 6.75. The molecule has 7 nitrogen and oxygen atoms in total. The first-order valence-corrected chi connectivity index (χ1v) is 11.0. The van der Waals surface area contributed by atoms with Crippen molar-refractivity contribution in [1.29, 1.82) is 0 Å². The Labute approximate surface area is 174 Å². The second-order valence-corrected chi connectivity index (χ2v) is 7.69. The van der Waals surface area contributed by atoms with Crippen LogP contribution in [0.4, 0.5) is 5.69 Å². The number of benzene rings is 1. The van der Waals surface area contributed by atoms with Crippen LogP contribution in [0.3, 0.4) is 0 Å². The number of fused-ring (bicyclic) bond motifs is 1. The van der Waals surface area contributed by atoms with Gasteiger partial charge < -0.3 is 25.2 Å². The Kier molecular flexibility index (Phi) is 8.61. The van der Waals surface area contributed by atoms with Crippen molar-refractivity contribution < 1.29 is 9.53 Å². The Hall–Kier alpha value is -2.28. The van der Waals surface area contributed by atoms with Gasteiger partial charge >= 0.3 is 0 Å². The predicted molar refractivity (Wildman–Crippen MR) is 118 cm³/mol. The van der Waals surface area contributed by atoms with E-state index in [4.69, 9.17) is 4.74 Å². The maximum absolute atomic E-state index is 12.2. The van der Waals surface area contributed by atoms with E-state index in [1.165, 1.54) is 38.8 Å². The summed E-state index contributed by atoms with van der Waals surface area (Å²) >= 11 is 0. The van der Waals surface area contributed by atoms with Crippen LogP contribution in [0.5, 0.6) is 5.75 Å². The zero-order valence-corrected chi connectivity index (χ0v) is 17.7. The fraction of sp³-hybridized carbons (Fsp3) is 0.636. The number of ether oxygens (including phenoxy) is 1. The summed E-state index contributed by atoms with van der Waals surface area (Å²) in [5.41, 5.74) is 0.861. The largest absolute Gasteiger partial charge is 0.482 e. The number of carbonyl (C=O) groups is 1. The molecule has 2 aliphatic rings. The Morgan fingerprint density at radius 2 is 1.72 bits per heavy atom. The molecule has 29 heavy (non-hydrogen) atoms. The molecule has 0 unspecified atom stereocenters. The molecule has 0 bridgehead atoms. The first kappa shape index (κ1) is 21.4. The van der Waals surface area contributed by atoms with E-state index in [0.29, 0.717) is 6.54 Å². The number of rotatable bonds is 8. The number of hydrogen-bond donors (Lipinski definition) is 2. The lowest BCUT2D eigenvalue weighted by Crippen LogP contribution is -2.42. The number of carbonyl (C=O) groups excluding carboxylic acids is 1. The van der Waals surface area contributed by atoms with E-state index < -0.39 is 0 Å². The minimum atomic E-state index is 0.0136. The van der Waals surface area contributed by atoms with Gasteiger partial charge in [0.1, 0.15) is 5.75 Å². The lowest BCUT2D eigenvalue weighted by molar-refractivity contribution is -0.121. The van der Waals surface area contributed by atoms with Gasteiger partial charge in [0.2, 0.25) is 0 Å². The fourth-order valence-electron chi connectivity index (χ4n) is 3.93. The normalized spacial score (nSPS) is 18.0. The van der Waals surface area contributed by atoms with Crippen molar-refractivity contribution in [3.63, 3.8) is 0 Å². The highest BCUT2D eigenvalue weighted by molar-refractivity contribution is 5.97. The quantitative estimate of drug-likeness (QED) is 0.397. The van der Waals surface area contributed by atoms with Crippen LogP contribution in [-0.4, -0.2) is 69.7 Å². The maximum atomic E-state index is 12.2. The van der Waals surface area contributed by atoms with Gasteiger partial charge in [0.25, 0.3) is 5.91 Å². The van der Waals surface area contributed by atoms with E-state index in [9.17, 15) is 4.79 Å². The van der Waals surface area contributed by atoms with Gasteiger partial charge in [0, 0.05) is 26.7 Å². The van der Waals surface area contributed by atoms with Crippen molar-refractivity contribution >= 4 is 17.6 Å². The number of likely N-dealkylation sites (tertiary alicyclic amines) is 1. The summed E-state index contributed by atoms with van der Waals surface area (Å²) in [5.74, 6) is 1.62. The molecular formula is C22H35N5O2. The van der Waals surface area contributed by atoms with E-state index in [0.717, 1.165) is 49.9 Å². The van der Waals surface area contributed by atoms with Crippen molar-refractivity contribution in [2.24, 2.45) is 4.99 Å². The van der Waals surface area contributed by atoms with Crippen LogP contribution in [-0.2, 0) is 4.79 Å². The molecule has 0 radical (unpaired) electrons. The summed E-state index contributed by atoms with van der Waals surface area (Å²) in [6.45, 7) is 6.11. The molecule has 2 N–H and O–H groups in total. The molecule has 1 saturated heterocycles. The molecule has 1 amide bonds. The molecule has 0 aromatic heterocycles. The van der Waals surface area contributed by atoms with Gasteiger partial charge in [-0.25, -0.2) is 0 Å². The first-order valence-electron chi connectivity index (χ1n) is 11.0. The Balaban J connectivity index is 1.32.